The largest absolute Gasteiger partial charge is 0.356 e. The number of carbonyl (C=O) groups excluding carboxylic acids is 2. The lowest BCUT2D eigenvalue weighted by molar-refractivity contribution is -0.137. The van der Waals surface area contributed by atoms with Crippen LogP contribution in [-0.2, 0) is 9.59 Å². The summed E-state index contributed by atoms with van der Waals surface area (Å²) in [6.07, 6.45) is 6.55. The van der Waals surface area contributed by atoms with Gasteiger partial charge in [0.25, 0.3) is 0 Å². The summed E-state index contributed by atoms with van der Waals surface area (Å²) in [4.78, 5) is 25.5. The Morgan fingerprint density at radius 3 is 1.82 bits per heavy atom. The van der Waals surface area contributed by atoms with E-state index in [1.807, 2.05) is 0 Å². The monoisotopic (exact) mass is 305 g/mol. The molecule has 0 radical (unpaired) electrons. The second kappa shape index (κ2) is 5.22. The summed E-state index contributed by atoms with van der Waals surface area (Å²) in [5, 5.41) is 6.22. The van der Waals surface area contributed by atoms with Gasteiger partial charge < -0.3 is 16.4 Å². The Kier molecular flexibility index (Phi) is 3.44. The molecule has 122 valence electrons. The van der Waals surface area contributed by atoms with Crippen LogP contribution in [0.1, 0.15) is 38.5 Å². The first-order valence-electron chi connectivity index (χ1n) is 8.93. The van der Waals surface area contributed by atoms with E-state index >= 15 is 0 Å². The van der Waals surface area contributed by atoms with Crippen LogP contribution in [0.3, 0.4) is 0 Å². The summed E-state index contributed by atoms with van der Waals surface area (Å²) in [5.74, 6) is 1.34. The van der Waals surface area contributed by atoms with Gasteiger partial charge in [-0.25, -0.2) is 0 Å². The van der Waals surface area contributed by atoms with Crippen LogP contribution in [0.25, 0.3) is 0 Å². The summed E-state index contributed by atoms with van der Waals surface area (Å²) in [7, 11) is 0. The van der Waals surface area contributed by atoms with E-state index in [-0.39, 0.29) is 23.7 Å². The van der Waals surface area contributed by atoms with E-state index in [9.17, 15) is 9.59 Å². The van der Waals surface area contributed by atoms with Gasteiger partial charge in [-0.2, -0.15) is 0 Å². The van der Waals surface area contributed by atoms with Gasteiger partial charge in [-0.15, -0.1) is 0 Å². The second-order valence-electron chi connectivity index (χ2n) is 7.84. The van der Waals surface area contributed by atoms with Gasteiger partial charge in [0, 0.05) is 13.1 Å². The highest BCUT2D eigenvalue weighted by Gasteiger charge is 2.71. The maximum atomic E-state index is 12.7. The van der Waals surface area contributed by atoms with Crippen LogP contribution in [0.2, 0.25) is 0 Å². The number of nitrogens with one attached hydrogen (secondary N) is 2. The van der Waals surface area contributed by atoms with Gasteiger partial charge in [0.1, 0.15) is 0 Å². The Morgan fingerprint density at radius 2 is 1.41 bits per heavy atom. The minimum Gasteiger partial charge on any atom is -0.356 e. The summed E-state index contributed by atoms with van der Waals surface area (Å²) in [5.41, 5.74) is 6.13. The van der Waals surface area contributed by atoms with E-state index < -0.39 is 0 Å². The molecular formula is C17H27N3O2. The van der Waals surface area contributed by atoms with Gasteiger partial charge >= 0.3 is 0 Å². The molecule has 4 fully saturated rings. The topological polar surface area (TPSA) is 84.2 Å². The van der Waals surface area contributed by atoms with Crippen molar-refractivity contribution in [3.05, 3.63) is 0 Å². The van der Waals surface area contributed by atoms with Crippen LogP contribution >= 0.6 is 0 Å². The fourth-order valence-corrected chi connectivity index (χ4v) is 5.78. The number of hydrogen-bond donors (Lipinski definition) is 3. The lowest BCUT2D eigenvalue weighted by atomic mass is 9.78. The van der Waals surface area contributed by atoms with Crippen LogP contribution in [-0.4, -0.2) is 31.4 Å². The summed E-state index contributed by atoms with van der Waals surface area (Å²) in [6, 6.07) is 0. The Bertz CT molecular complexity index is 450. The van der Waals surface area contributed by atoms with Crippen molar-refractivity contribution in [2.45, 2.75) is 38.5 Å². The standard InChI is InChI=1S/C17H27N3O2/c18-9-10-3-7-19-15(21)13-11-1-2-12(17(11)5-6-17)14(13)16(22)20-8-4-10/h10-14H,1-9,18H2,(H,19,21)(H,20,22)/t10?,11-,12+,13?,14?. The van der Waals surface area contributed by atoms with E-state index in [1.165, 1.54) is 12.8 Å². The SMILES string of the molecule is NCC1CCNC(=O)C2C(C(=O)NCC1)[C@@H]1CC[C@H]2C12CC2. The van der Waals surface area contributed by atoms with Crippen molar-refractivity contribution in [1.82, 2.24) is 10.6 Å². The van der Waals surface area contributed by atoms with Gasteiger partial charge in [0.15, 0.2) is 0 Å². The van der Waals surface area contributed by atoms with E-state index in [1.54, 1.807) is 0 Å². The second-order valence-corrected chi connectivity index (χ2v) is 7.84. The molecule has 0 aromatic carbocycles. The molecule has 1 saturated heterocycles. The number of rotatable bonds is 1. The zero-order chi connectivity index (χ0) is 15.3. The van der Waals surface area contributed by atoms with Crippen LogP contribution in [0.5, 0.6) is 0 Å². The van der Waals surface area contributed by atoms with Gasteiger partial charge in [-0.05, 0) is 68.2 Å². The van der Waals surface area contributed by atoms with Crippen molar-refractivity contribution in [1.29, 1.82) is 0 Å². The van der Waals surface area contributed by atoms with E-state index in [0.29, 0.717) is 42.8 Å². The molecule has 1 aliphatic heterocycles. The summed E-state index contributed by atoms with van der Waals surface area (Å²) >= 11 is 0. The zero-order valence-electron chi connectivity index (χ0n) is 13.1. The molecule has 5 heteroatoms. The predicted octanol–water partition coefficient (Wildman–Crippen LogP) is 0.640. The molecule has 5 nitrogen and oxygen atoms in total. The van der Waals surface area contributed by atoms with Gasteiger partial charge in [-0.1, -0.05) is 0 Å². The first kappa shape index (κ1) is 14.5. The summed E-state index contributed by atoms with van der Waals surface area (Å²) in [6.45, 7) is 2.01. The first-order valence-corrected chi connectivity index (χ1v) is 8.93. The molecule has 4 aliphatic rings. The highest BCUT2D eigenvalue weighted by atomic mass is 16.2. The highest BCUT2D eigenvalue weighted by Crippen LogP contribution is 2.74. The van der Waals surface area contributed by atoms with Crippen molar-refractivity contribution < 1.29 is 9.59 Å². The number of hydrogen-bond acceptors (Lipinski definition) is 3. The normalized spacial score (nSPS) is 43.2. The average Bonchev–Trinajstić information content (AvgIpc) is 3.18. The third-order valence-electron chi connectivity index (χ3n) is 6.99. The maximum Gasteiger partial charge on any atom is 0.224 e. The van der Waals surface area contributed by atoms with Crippen LogP contribution < -0.4 is 16.4 Å². The fourth-order valence-electron chi connectivity index (χ4n) is 5.78. The number of carbonyl (C=O) groups is 2. The molecule has 3 aliphatic carbocycles. The smallest absolute Gasteiger partial charge is 0.224 e. The first-order chi connectivity index (χ1) is 10.7. The molecular weight excluding hydrogens is 278 g/mol. The molecule has 0 aromatic heterocycles. The zero-order valence-corrected chi connectivity index (χ0v) is 13.1. The number of amides is 2. The highest BCUT2D eigenvalue weighted by molar-refractivity contribution is 5.89. The van der Waals surface area contributed by atoms with Gasteiger partial charge in [-0.3, -0.25) is 9.59 Å². The quantitative estimate of drug-likeness (QED) is 0.665. The number of nitrogens with two attached hydrogens (primary N) is 1. The molecule has 3 saturated carbocycles. The molecule has 3 unspecified atom stereocenters. The van der Waals surface area contributed by atoms with E-state index in [2.05, 4.69) is 10.6 Å². The average molecular weight is 305 g/mol. The van der Waals surface area contributed by atoms with Crippen molar-refractivity contribution in [3.63, 3.8) is 0 Å². The minimum atomic E-state index is -0.0873. The van der Waals surface area contributed by atoms with Crippen molar-refractivity contribution in [2.75, 3.05) is 19.6 Å². The van der Waals surface area contributed by atoms with Crippen molar-refractivity contribution in [3.8, 4) is 0 Å². The summed E-state index contributed by atoms with van der Waals surface area (Å²) < 4.78 is 0. The van der Waals surface area contributed by atoms with E-state index in [0.717, 1.165) is 25.7 Å². The Labute approximate surface area is 131 Å². The fraction of sp³-hybridized carbons (Fsp3) is 0.882. The van der Waals surface area contributed by atoms with Crippen LogP contribution in [0.15, 0.2) is 0 Å². The van der Waals surface area contributed by atoms with Crippen molar-refractivity contribution >= 4 is 11.8 Å². The van der Waals surface area contributed by atoms with Crippen LogP contribution in [0.4, 0.5) is 0 Å². The Morgan fingerprint density at radius 1 is 0.909 bits per heavy atom. The predicted molar refractivity (Wildman–Crippen MR) is 82.7 cm³/mol. The molecule has 4 rings (SSSR count). The molecule has 5 atom stereocenters. The maximum absolute atomic E-state index is 12.7. The molecule has 2 bridgehead atoms. The molecule has 22 heavy (non-hydrogen) atoms. The molecule has 1 heterocycles. The Hall–Kier alpha value is -1.10. The third-order valence-corrected chi connectivity index (χ3v) is 6.99. The van der Waals surface area contributed by atoms with E-state index in [4.69, 9.17) is 5.73 Å². The minimum absolute atomic E-state index is 0.0873. The number of fused-ring (bicyclic) bond motifs is 3. The lowest BCUT2D eigenvalue weighted by Crippen LogP contribution is -2.45. The molecule has 0 aromatic rings. The Balaban J connectivity index is 1.59. The van der Waals surface area contributed by atoms with Gasteiger partial charge in [0.05, 0.1) is 11.8 Å². The van der Waals surface area contributed by atoms with Gasteiger partial charge in [0.2, 0.25) is 11.8 Å². The third kappa shape index (κ3) is 2.01. The molecule has 1 spiro atoms. The molecule has 2 amide bonds. The molecule has 4 N–H and O–H groups in total. The lowest BCUT2D eigenvalue weighted by Gasteiger charge is -2.28. The van der Waals surface area contributed by atoms with Crippen molar-refractivity contribution in [2.24, 2.45) is 40.7 Å². The van der Waals surface area contributed by atoms with Crippen LogP contribution in [0, 0.1) is 35.0 Å².